The van der Waals surface area contributed by atoms with Crippen LogP contribution in [0, 0.1) is 0 Å². The Hall–Kier alpha value is -2.09. The van der Waals surface area contributed by atoms with E-state index in [9.17, 15) is 0 Å². The van der Waals surface area contributed by atoms with Crippen molar-refractivity contribution in [1.82, 2.24) is 24.8 Å². The highest BCUT2D eigenvalue weighted by molar-refractivity contribution is 6.35. The summed E-state index contributed by atoms with van der Waals surface area (Å²) in [6, 6.07) is 5.70. The van der Waals surface area contributed by atoms with Crippen LogP contribution >= 0.6 is 23.2 Å². The Bertz CT molecular complexity index is 1030. The topological polar surface area (TPSA) is 79.7 Å². The number of anilines is 3. The minimum absolute atomic E-state index is 0.117. The number of piperidine rings is 1. The predicted octanol–water partition coefficient (Wildman–Crippen LogP) is 4.77. The summed E-state index contributed by atoms with van der Waals surface area (Å²) in [6.45, 7) is 4.14. The molecule has 2 aliphatic rings. The van der Waals surface area contributed by atoms with Crippen LogP contribution in [-0.2, 0) is 0 Å². The van der Waals surface area contributed by atoms with E-state index in [-0.39, 0.29) is 5.54 Å². The lowest BCUT2D eigenvalue weighted by atomic mass is 10.1. The van der Waals surface area contributed by atoms with E-state index >= 15 is 0 Å². The molecule has 0 unspecified atom stereocenters. The molecular weight excluding hydrogens is 409 g/mol. The van der Waals surface area contributed by atoms with Crippen molar-refractivity contribution < 1.29 is 0 Å². The van der Waals surface area contributed by atoms with Crippen molar-refractivity contribution in [2.45, 2.75) is 44.2 Å². The zero-order valence-electron chi connectivity index (χ0n) is 16.2. The average Bonchev–Trinajstić information content (AvgIpc) is 3.29. The second kappa shape index (κ2) is 7.31. The minimum atomic E-state index is 0.117. The summed E-state index contributed by atoms with van der Waals surface area (Å²) >= 11 is 12.4. The van der Waals surface area contributed by atoms with Crippen LogP contribution in [0.25, 0.3) is 11.2 Å². The van der Waals surface area contributed by atoms with Gasteiger partial charge in [-0.05, 0) is 63.9 Å². The van der Waals surface area contributed by atoms with E-state index < -0.39 is 0 Å². The Labute approximate surface area is 179 Å². The average molecular weight is 432 g/mol. The highest BCUT2D eigenvalue weighted by Crippen LogP contribution is 2.38. The Balaban J connectivity index is 1.57. The molecule has 0 spiro atoms. The van der Waals surface area contributed by atoms with Crippen molar-refractivity contribution in [2.24, 2.45) is 0 Å². The van der Waals surface area contributed by atoms with Crippen molar-refractivity contribution >= 4 is 51.9 Å². The van der Waals surface area contributed by atoms with E-state index in [1.165, 1.54) is 0 Å². The molecule has 7 nitrogen and oxygen atoms in total. The van der Waals surface area contributed by atoms with Crippen LogP contribution < -0.4 is 16.0 Å². The van der Waals surface area contributed by atoms with Gasteiger partial charge in [-0.15, -0.1) is 0 Å². The van der Waals surface area contributed by atoms with Crippen LogP contribution in [0.4, 0.5) is 17.6 Å². The number of nitrogens with zero attached hydrogens (tertiary/aromatic N) is 4. The number of benzene rings is 1. The Morgan fingerprint density at radius 1 is 1.10 bits per heavy atom. The smallest absolute Gasteiger partial charge is 0.225 e. The molecule has 1 saturated carbocycles. The molecule has 1 aromatic carbocycles. The van der Waals surface area contributed by atoms with E-state index in [0.29, 0.717) is 22.0 Å². The van der Waals surface area contributed by atoms with E-state index in [0.717, 1.165) is 61.6 Å². The first-order valence-electron chi connectivity index (χ1n) is 9.96. The highest BCUT2D eigenvalue weighted by atomic mass is 35.5. The molecule has 3 N–H and O–H groups in total. The van der Waals surface area contributed by atoms with Crippen LogP contribution in [0.2, 0.25) is 10.0 Å². The second-order valence-corrected chi connectivity index (χ2v) is 9.03. The molecule has 0 atom stereocenters. The fourth-order valence-electron chi connectivity index (χ4n) is 3.79. The lowest BCUT2D eigenvalue weighted by Crippen LogP contribution is -2.30. The normalized spacial score (nSPS) is 18.7. The third kappa shape index (κ3) is 3.99. The summed E-state index contributed by atoms with van der Waals surface area (Å²) in [5.41, 5.74) is 2.52. The Morgan fingerprint density at radius 2 is 1.83 bits per heavy atom. The summed E-state index contributed by atoms with van der Waals surface area (Å²) in [6.07, 6.45) is 6.11. The molecule has 5 rings (SSSR count). The summed E-state index contributed by atoms with van der Waals surface area (Å²) in [5.74, 6) is 1.39. The molecule has 3 aromatic rings. The van der Waals surface area contributed by atoms with Crippen molar-refractivity contribution in [3.05, 3.63) is 34.4 Å². The van der Waals surface area contributed by atoms with Gasteiger partial charge in [0.15, 0.2) is 5.65 Å². The highest BCUT2D eigenvalue weighted by Gasteiger charge is 2.38. The number of hydrogen-bond donors (Lipinski definition) is 3. The van der Waals surface area contributed by atoms with E-state index in [1.54, 1.807) is 12.3 Å². The number of halogens is 2. The van der Waals surface area contributed by atoms with Crippen LogP contribution in [-0.4, -0.2) is 38.1 Å². The van der Waals surface area contributed by atoms with Gasteiger partial charge in [0.25, 0.3) is 0 Å². The second-order valence-electron chi connectivity index (χ2n) is 8.16. The van der Waals surface area contributed by atoms with Crippen LogP contribution in [0.15, 0.2) is 24.4 Å². The standard InChI is InChI=1S/C20H23Cl2N7/c1-20(4-5-20)28-18-24-11-16-17(27-18)29(15-2-6-23-7-3-15)19(26-16)25-14-9-12(21)8-13(22)10-14/h8-11,15,23H,2-7H2,1H3,(H,25,26)(H,24,27,28). The molecule has 1 saturated heterocycles. The summed E-state index contributed by atoms with van der Waals surface area (Å²) in [5, 5.41) is 11.4. The molecule has 9 heteroatoms. The number of hydrogen-bond acceptors (Lipinski definition) is 6. The maximum Gasteiger partial charge on any atom is 0.225 e. The van der Waals surface area contributed by atoms with Gasteiger partial charge in [-0.3, -0.25) is 4.57 Å². The van der Waals surface area contributed by atoms with Gasteiger partial charge < -0.3 is 16.0 Å². The minimum Gasteiger partial charge on any atom is -0.349 e. The first-order valence-corrected chi connectivity index (χ1v) is 10.7. The molecule has 0 bridgehead atoms. The van der Waals surface area contributed by atoms with Crippen LogP contribution in [0.1, 0.15) is 38.6 Å². The number of rotatable bonds is 5. The van der Waals surface area contributed by atoms with Gasteiger partial charge in [0.05, 0.1) is 6.20 Å². The molecule has 0 amide bonds. The third-order valence-corrected chi connectivity index (χ3v) is 6.08. The molecule has 2 fully saturated rings. The van der Waals surface area contributed by atoms with Crippen molar-refractivity contribution in [3.63, 3.8) is 0 Å². The van der Waals surface area contributed by atoms with Gasteiger partial charge in [-0.25, -0.2) is 9.97 Å². The van der Waals surface area contributed by atoms with E-state index in [2.05, 4.69) is 32.4 Å². The zero-order chi connectivity index (χ0) is 20.0. The molecule has 1 aliphatic carbocycles. The molecule has 29 heavy (non-hydrogen) atoms. The van der Waals surface area contributed by atoms with Gasteiger partial charge in [0.1, 0.15) is 5.52 Å². The lowest BCUT2D eigenvalue weighted by Gasteiger charge is -2.26. The fourth-order valence-corrected chi connectivity index (χ4v) is 4.31. The van der Waals surface area contributed by atoms with E-state index in [1.807, 2.05) is 12.1 Å². The van der Waals surface area contributed by atoms with Gasteiger partial charge in [0, 0.05) is 27.3 Å². The summed E-state index contributed by atoms with van der Waals surface area (Å²) < 4.78 is 2.20. The fraction of sp³-hybridized carbons (Fsp3) is 0.450. The summed E-state index contributed by atoms with van der Waals surface area (Å²) in [4.78, 5) is 14.1. The predicted molar refractivity (Wildman–Crippen MR) is 117 cm³/mol. The van der Waals surface area contributed by atoms with E-state index in [4.69, 9.17) is 33.2 Å². The zero-order valence-corrected chi connectivity index (χ0v) is 17.7. The van der Waals surface area contributed by atoms with Crippen molar-refractivity contribution in [2.75, 3.05) is 23.7 Å². The first kappa shape index (κ1) is 18.9. The monoisotopic (exact) mass is 431 g/mol. The van der Waals surface area contributed by atoms with Gasteiger partial charge >= 0.3 is 0 Å². The maximum atomic E-state index is 6.18. The third-order valence-electron chi connectivity index (χ3n) is 5.64. The molecule has 3 heterocycles. The van der Waals surface area contributed by atoms with Gasteiger partial charge in [0.2, 0.25) is 11.9 Å². The maximum absolute atomic E-state index is 6.18. The number of nitrogens with one attached hydrogen (secondary N) is 3. The van der Waals surface area contributed by atoms with Gasteiger partial charge in [-0.2, -0.15) is 4.98 Å². The van der Waals surface area contributed by atoms with Crippen LogP contribution in [0.5, 0.6) is 0 Å². The molecular formula is C20H23Cl2N7. The summed E-state index contributed by atoms with van der Waals surface area (Å²) in [7, 11) is 0. The van der Waals surface area contributed by atoms with Crippen LogP contribution in [0.3, 0.4) is 0 Å². The lowest BCUT2D eigenvalue weighted by molar-refractivity contribution is 0.377. The Morgan fingerprint density at radius 3 is 2.52 bits per heavy atom. The van der Waals surface area contributed by atoms with Crippen molar-refractivity contribution in [3.8, 4) is 0 Å². The van der Waals surface area contributed by atoms with Crippen molar-refractivity contribution in [1.29, 1.82) is 0 Å². The number of aromatic nitrogens is 4. The Kier molecular flexibility index (Phi) is 4.76. The quantitative estimate of drug-likeness (QED) is 0.539. The van der Waals surface area contributed by atoms with Gasteiger partial charge in [-0.1, -0.05) is 23.2 Å². The molecule has 1 aliphatic heterocycles. The molecule has 0 radical (unpaired) electrons. The first-order chi connectivity index (χ1) is 14.0. The molecule has 152 valence electrons. The SMILES string of the molecule is CC1(Nc2ncc3nc(Nc4cc(Cl)cc(Cl)c4)n(C4CCNCC4)c3n2)CC1. The number of fused-ring (bicyclic) bond motifs is 1. The molecule has 2 aromatic heterocycles. The largest absolute Gasteiger partial charge is 0.349 e. The number of imidazole rings is 1.